The van der Waals surface area contributed by atoms with E-state index in [0.717, 1.165) is 6.42 Å². The van der Waals surface area contributed by atoms with E-state index in [9.17, 15) is 0 Å². The van der Waals surface area contributed by atoms with Gasteiger partial charge in [-0.15, -0.1) is 11.8 Å². The van der Waals surface area contributed by atoms with Crippen molar-refractivity contribution in [2.75, 3.05) is 12.4 Å². The highest BCUT2D eigenvalue weighted by molar-refractivity contribution is 8.00. The van der Waals surface area contributed by atoms with E-state index < -0.39 is 0 Å². The van der Waals surface area contributed by atoms with E-state index in [0.29, 0.717) is 17.8 Å². The number of rotatable bonds is 2. The van der Waals surface area contributed by atoms with Gasteiger partial charge in [-0.3, -0.25) is 5.41 Å². The molecule has 0 aliphatic carbocycles. The highest BCUT2D eigenvalue weighted by Crippen LogP contribution is 2.25. The van der Waals surface area contributed by atoms with E-state index in [2.05, 4.69) is 0 Å². The van der Waals surface area contributed by atoms with Crippen molar-refractivity contribution < 1.29 is 4.74 Å². The third-order valence-corrected chi connectivity index (χ3v) is 3.15. The first-order valence-corrected chi connectivity index (χ1v) is 5.22. The standard InChI is InChI=1S/C8H15NOS/c1-2-10-8(9)7-5-3-4-6-11-7/h7,9H,2-6H2,1H3. The van der Waals surface area contributed by atoms with Crippen molar-refractivity contribution in [2.45, 2.75) is 31.4 Å². The van der Waals surface area contributed by atoms with Gasteiger partial charge in [-0.05, 0) is 25.5 Å². The van der Waals surface area contributed by atoms with Crippen molar-refractivity contribution in [1.29, 1.82) is 5.41 Å². The molecule has 1 N–H and O–H groups in total. The van der Waals surface area contributed by atoms with Crippen LogP contribution in [0.4, 0.5) is 0 Å². The zero-order chi connectivity index (χ0) is 8.10. The normalized spacial score (nSPS) is 24.6. The second-order valence-corrected chi connectivity index (χ2v) is 3.96. The highest BCUT2D eigenvalue weighted by Gasteiger charge is 2.19. The molecule has 1 fully saturated rings. The Bertz CT molecular complexity index is 132. The van der Waals surface area contributed by atoms with Crippen LogP contribution in [0, 0.1) is 5.41 Å². The molecule has 1 heterocycles. The molecule has 0 bridgehead atoms. The van der Waals surface area contributed by atoms with Gasteiger partial charge in [-0.2, -0.15) is 0 Å². The summed E-state index contributed by atoms with van der Waals surface area (Å²) in [6, 6.07) is 0. The summed E-state index contributed by atoms with van der Waals surface area (Å²) in [6.45, 7) is 2.57. The first-order valence-electron chi connectivity index (χ1n) is 4.17. The van der Waals surface area contributed by atoms with Gasteiger partial charge in [0.1, 0.15) is 0 Å². The van der Waals surface area contributed by atoms with E-state index >= 15 is 0 Å². The first-order chi connectivity index (χ1) is 5.34. The molecule has 1 saturated heterocycles. The molecule has 1 unspecified atom stereocenters. The van der Waals surface area contributed by atoms with Crippen LogP contribution in [0.5, 0.6) is 0 Å². The number of nitrogens with one attached hydrogen (secondary N) is 1. The number of hydrogen-bond donors (Lipinski definition) is 1. The summed E-state index contributed by atoms with van der Waals surface area (Å²) in [4.78, 5) is 0. The zero-order valence-electron chi connectivity index (χ0n) is 6.93. The maximum absolute atomic E-state index is 7.54. The highest BCUT2D eigenvalue weighted by atomic mass is 32.2. The molecule has 1 rings (SSSR count). The minimum Gasteiger partial charge on any atom is -0.481 e. The van der Waals surface area contributed by atoms with Crippen molar-refractivity contribution in [3.63, 3.8) is 0 Å². The smallest absolute Gasteiger partial charge is 0.193 e. The fourth-order valence-electron chi connectivity index (χ4n) is 1.20. The predicted octanol–water partition coefficient (Wildman–Crippen LogP) is 2.29. The van der Waals surface area contributed by atoms with E-state index in [-0.39, 0.29) is 0 Å². The van der Waals surface area contributed by atoms with E-state index in [1.807, 2.05) is 18.7 Å². The zero-order valence-corrected chi connectivity index (χ0v) is 7.75. The molecule has 0 aromatic rings. The summed E-state index contributed by atoms with van der Waals surface area (Å²) in [5.74, 6) is 1.68. The predicted molar refractivity (Wildman–Crippen MR) is 49.4 cm³/mol. The molecule has 0 amide bonds. The molecule has 1 atom stereocenters. The fourth-order valence-corrected chi connectivity index (χ4v) is 2.40. The van der Waals surface area contributed by atoms with Crippen LogP contribution in [0.15, 0.2) is 0 Å². The van der Waals surface area contributed by atoms with Crippen LogP contribution in [0.25, 0.3) is 0 Å². The summed E-state index contributed by atoms with van der Waals surface area (Å²) in [5, 5.41) is 7.89. The Morgan fingerprint density at radius 1 is 1.64 bits per heavy atom. The van der Waals surface area contributed by atoms with Gasteiger partial charge in [0.25, 0.3) is 0 Å². The van der Waals surface area contributed by atoms with Crippen molar-refractivity contribution in [3.8, 4) is 0 Å². The molecule has 1 aliphatic rings. The van der Waals surface area contributed by atoms with Gasteiger partial charge in [0, 0.05) is 0 Å². The van der Waals surface area contributed by atoms with E-state index in [1.54, 1.807) is 0 Å². The maximum atomic E-state index is 7.54. The fraction of sp³-hybridized carbons (Fsp3) is 0.875. The average molecular weight is 173 g/mol. The summed E-state index contributed by atoms with van der Waals surface area (Å²) >= 11 is 1.86. The molecule has 0 aromatic heterocycles. The first kappa shape index (κ1) is 8.91. The van der Waals surface area contributed by atoms with Gasteiger partial charge in [0.2, 0.25) is 0 Å². The molecular formula is C8H15NOS. The van der Waals surface area contributed by atoms with Crippen molar-refractivity contribution >= 4 is 17.7 Å². The lowest BCUT2D eigenvalue weighted by atomic mass is 10.2. The van der Waals surface area contributed by atoms with Crippen LogP contribution in [-0.2, 0) is 4.74 Å². The lowest BCUT2D eigenvalue weighted by molar-refractivity contribution is 0.313. The molecule has 64 valence electrons. The van der Waals surface area contributed by atoms with Crippen LogP contribution in [0.2, 0.25) is 0 Å². The monoisotopic (exact) mass is 173 g/mol. The molecule has 1 aliphatic heterocycles. The summed E-state index contributed by atoms with van der Waals surface area (Å²) in [7, 11) is 0. The molecule has 2 nitrogen and oxygen atoms in total. The minimum absolute atomic E-state index is 0.351. The van der Waals surface area contributed by atoms with Gasteiger partial charge < -0.3 is 4.74 Å². The lowest BCUT2D eigenvalue weighted by Crippen LogP contribution is -2.22. The summed E-state index contributed by atoms with van der Waals surface area (Å²) in [5.41, 5.74) is 0. The van der Waals surface area contributed by atoms with Crippen LogP contribution < -0.4 is 0 Å². The van der Waals surface area contributed by atoms with Crippen molar-refractivity contribution in [2.24, 2.45) is 0 Å². The SMILES string of the molecule is CCOC(=N)C1CCCCS1. The Morgan fingerprint density at radius 2 is 2.45 bits per heavy atom. The van der Waals surface area contributed by atoms with Crippen LogP contribution in [-0.4, -0.2) is 23.5 Å². The Morgan fingerprint density at radius 3 is 3.00 bits per heavy atom. The number of hydrogen-bond acceptors (Lipinski definition) is 3. The van der Waals surface area contributed by atoms with Gasteiger partial charge in [0.05, 0.1) is 11.9 Å². The Hall–Kier alpha value is -0.180. The number of thioether (sulfide) groups is 1. The second-order valence-electron chi connectivity index (χ2n) is 2.65. The van der Waals surface area contributed by atoms with Gasteiger partial charge >= 0.3 is 0 Å². The third kappa shape index (κ3) is 2.73. The maximum Gasteiger partial charge on any atom is 0.193 e. The van der Waals surface area contributed by atoms with Crippen LogP contribution in [0.3, 0.4) is 0 Å². The Balaban J connectivity index is 2.27. The summed E-state index contributed by atoms with van der Waals surface area (Å²) < 4.78 is 5.14. The largest absolute Gasteiger partial charge is 0.481 e. The van der Waals surface area contributed by atoms with Crippen LogP contribution in [0.1, 0.15) is 26.2 Å². The summed E-state index contributed by atoms with van der Waals surface area (Å²) in [6.07, 6.45) is 3.69. The van der Waals surface area contributed by atoms with Crippen molar-refractivity contribution in [1.82, 2.24) is 0 Å². The topological polar surface area (TPSA) is 33.1 Å². The molecule has 0 aromatic carbocycles. The molecular weight excluding hydrogens is 158 g/mol. The minimum atomic E-state index is 0.351. The number of ether oxygens (including phenoxy) is 1. The molecule has 11 heavy (non-hydrogen) atoms. The molecule has 3 heteroatoms. The molecule has 0 spiro atoms. The Kier molecular flexibility index (Phi) is 3.77. The lowest BCUT2D eigenvalue weighted by Gasteiger charge is -2.21. The van der Waals surface area contributed by atoms with E-state index in [4.69, 9.17) is 10.1 Å². The van der Waals surface area contributed by atoms with Gasteiger partial charge in [0.15, 0.2) is 5.90 Å². The van der Waals surface area contributed by atoms with Gasteiger partial charge in [-0.1, -0.05) is 6.42 Å². The van der Waals surface area contributed by atoms with Gasteiger partial charge in [-0.25, -0.2) is 0 Å². The second kappa shape index (κ2) is 4.65. The quantitative estimate of drug-likeness (QED) is 0.513. The van der Waals surface area contributed by atoms with Crippen molar-refractivity contribution in [3.05, 3.63) is 0 Å². The Labute approximate surface area is 72.2 Å². The average Bonchev–Trinajstić information content (AvgIpc) is 2.07. The molecule has 0 radical (unpaired) electrons. The van der Waals surface area contributed by atoms with Crippen LogP contribution >= 0.6 is 11.8 Å². The third-order valence-electron chi connectivity index (χ3n) is 1.77. The molecule has 0 saturated carbocycles. The van der Waals surface area contributed by atoms with E-state index in [1.165, 1.54) is 18.6 Å².